The Balaban J connectivity index is 2.19. The van der Waals surface area contributed by atoms with Gasteiger partial charge in [0.25, 0.3) is 0 Å². The molecule has 0 aliphatic carbocycles. The molecule has 26 heavy (non-hydrogen) atoms. The van der Waals surface area contributed by atoms with Crippen LogP contribution >= 0.6 is 0 Å². The molecule has 6 heteroatoms. The smallest absolute Gasteiger partial charge is 0.339 e. The molecule has 0 aliphatic rings. The van der Waals surface area contributed by atoms with Crippen molar-refractivity contribution >= 4 is 39.3 Å². The zero-order valence-corrected chi connectivity index (χ0v) is 14.8. The lowest BCUT2D eigenvalue weighted by atomic mass is 10.1. The van der Waals surface area contributed by atoms with E-state index in [1.165, 1.54) is 13.3 Å². The van der Waals surface area contributed by atoms with Crippen LogP contribution in [0.15, 0.2) is 79.0 Å². The summed E-state index contributed by atoms with van der Waals surface area (Å²) in [6, 6.07) is 21.6. The van der Waals surface area contributed by atoms with Crippen LogP contribution in [-0.2, 0) is 20.8 Å². The van der Waals surface area contributed by atoms with Crippen molar-refractivity contribution in [2.24, 2.45) is 0 Å². The third kappa shape index (κ3) is 3.66. The largest absolute Gasteiger partial charge is 0.755 e. The molecular weight excluding hydrogens is 350 g/mol. The van der Waals surface area contributed by atoms with Crippen LogP contribution in [0.3, 0.4) is 0 Å². The summed E-state index contributed by atoms with van der Waals surface area (Å²) in [5.41, 5.74) is 1.16. The minimum Gasteiger partial charge on any atom is -0.755 e. The molecule has 1 unspecified atom stereocenters. The van der Waals surface area contributed by atoms with Gasteiger partial charge >= 0.3 is 5.97 Å². The van der Waals surface area contributed by atoms with Gasteiger partial charge < -0.3 is 9.29 Å². The fraction of sp³-hybridized carbons (Fsp3) is 0.0500. The summed E-state index contributed by atoms with van der Waals surface area (Å²) >= 11 is -2.62. The Morgan fingerprint density at radius 3 is 2.35 bits per heavy atom. The van der Waals surface area contributed by atoms with Crippen LogP contribution in [0.5, 0.6) is 0 Å². The number of benzene rings is 3. The Bertz CT molecular complexity index is 980. The summed E-state index contributed by atoms with van der Waals surface area (Å²) < 4.78 is 29.8. The van der Waals surface area contributed by atoms with Gasteiger partial charge in [-0.05, 0) is 17.0 Å². The predicted molar refractivity (Wildman–Crippen MR) is 102 cm³/mol. The standard InChI is InChI=1S/C20H17NO4S/c1-25-20(22)18(16-8-3-2-4-9-16)14-21(26(23)24)19-13-7-11-15-10-5-6-12-17(15)19/h2-14H,1H3,(H,23,24)/p-1. The van der Waals surface area contributed by atoms with E-state index in [0.717, 1.165) is 15.1 Å². The molecule has 0 amide bonds. The first kappa shape index (κ1) is 17.8. The maximum atomic E-state index is 12.2. The van der Waals surface area contributed by atoms with E-state index in [4.69, 9.17) is 4.74 Å². The molecule has 0 radical (unpaired) electrons. The Kier molecular flexibility index (Phi) is 5.46. The quantitative estimate of drug-likeness (QED) is 0.393. The molecule has 3 aromatic carbocycles. The fourth-order valence-corrected chi connectivity index (χ4v) is 3.19. The van der Waals surface area contributed by atoms with Gasteiger partial charge in [0.2, 0.25) is 0 Å². The van der Waals surface area contributed by atoms with Gasteiger partial charge in [0.15, 0.2) is 0 Å². The molecule has 1 atom stereocenters. The van der Waals surface area contributed by atoms with Crippen molar-refractivity contribution in [2.45, 2.75) is 0 Å². The van der Waals surface area contributed by atoms with E-state index in [0.29, 0.717) is 11.3 Å². The molecule has 0 N–H and O–H groups in total. The van der Waals surface area contributed by atoms with Crippen molar-refractivity contribution < 1.29 is 18.3 Å². The number of hydrogen-bond donors (Lipinski definition) is 0. The van der Waals surface area contributed by atoms with E-state index >= 15 is 0 Å². The molecule has 0 aromatic heterocycles. The number of hydrogen-bond acceptors (Lipinski definition) is 4. The topological polar surface area (TPSA) is 69.7 Å². The number of methoxy groups -OCH3 is 1. The van der Waals surface area contributed by atoms with Crippen LogP contribution in [0, 0.1) is 0 Å². The van der Waals surface area contributed by atoms with Crippen LogP contribution in [0.2, 0.25) is 0 Å². The fourth-order valence-electron chi connectivity index (χ4n) is 2.68. The number of fused-ring (bicyclic) bond motifs is 1. The molecule has 3 rings (SSSR count). The number of nitrogens with zero attached hydrogens (tertiary/aromatic N) is 1. The summed E-state index contributed by atoms with van der Waals surface area (Å²) in [7, 11) is 1.26. The molecule has 0 bridgehead atoms. The zero-order valence-electron chi connectivity index (χ0n) is 14.0. The van der Waals surface area contributed by atoms with E-state index < -0.39 is 17.2 Å². The van der Waals surface area contributed by atoms with Crippen LogP contribution in [0.4, 0.5) is 5.69 Å². The minimum atomic E-state index is -2.62. The molecule has 5 nitrogen and oxygen atoms in total. The van der Waals surface area contributed by atoms with Gasteiger partial charge in [0, 0.05) is 11.6 Å². The summed E-state index contributed by atoms with van der Waals surface area (Å²) in [4.78, 5) is 12.2. The van der Waals surface area contributed by atoms with Crippen molar-refractivity contribution in [3.8, 4) is 0 Å². The highest BCUT2D eigenvalue weighted by molar-refractivity contribution is 7.80. The number of carbonyl (C=O) groups excluding carboxylic acids is 1. The summed E-state index contributed by atoms with van der Waals surface area (Å²) in [6.45, 7) is 0. The van der Waals surface area contributed by atoms with Gasteiger partial charge in [0.1, 0.15) is 0 Å². The van der Waals surface area contributed by atoms with Gasteiger partial charge in [-0.1, -0.05) is 66.7 Å². The van der Waals surface area contributed by atoms with Crippen molar-refractivity contribution in [1.29, 1.82) is 0 Å². The lowest BCUT2D eigenvalue weighted by Crippen LogP contribution is -2.21. The molecular formula is C20H16NO4S-. The maximum absolute atomic E-state index is 12.2. The van der Waals surface area contributed by atoms with Crippen LogP contribution in [-0.4, -0.2) is 21.8 Å². The van der Waals surface area contributed by atoms with Crippen molar-refractivity contribution in [3.63, 3.8) is 0 Å². The molecule has 0 fully saturated rings. The average molecular weight is 366 g/mol. The van der Waals surface area contributed by atoms with E-state index in [-0.39, 0.29) is 5.57 Å². The highest BCUT2D eigenvalue weighted by Crippen LogP contribution is 2.29. The predicted octanol–water partition coefficient (Wildman–Crippen LogP) is 3.65. The van der Waals surface area contributed by atoms with E-state index in [1.54, 1.807) is 36.4 Å². The Hall–Kier alpha value is -2.96. The van der Waals surface area contributed by atoms with Crippen molar-refractivity contribution in [2.75, 3.05) is 11.4 Å². The van der Waals surface area contributed by atoms with E-state index in [9.17, 15) is 13.6 Å². The normalized spacial score (nSPS) is 12.6. The Morgan fingerprint density at radius 1 is 1.00 bits per heavy atom. The third-order valence-electron chi connectivity index (χ3n) is 3.90. The maximum Gasteiger partial charge on any atom is 0.339 e. The monoisotopic (exact) mass is 366 g/mol. The first-order valence-corrected chi connectivity index (χ1v) is 8.87. The first-order chi connectivity index (χ1) is 12.6. The zero-order chi connectivity index (χ0) is 18.5. The summed E-state index contributed by atoms with van der Waals surface area (Å²) in [6.07, 6.45) is 1.28. The van der Waals surface area contributed by atoms with Gasteiger partial charge in [-0.3, -0.25) is 8.51 Å². The number of ether oxygens (including phenoxy) is 1. The van der Waals surface area contributed by atoms with Gasteiger partial charge in [-0.2, -0.15) is 0 Å². The lowest BCUT2D eigenvalue weighted by Gasteiger charge is -2.25. The molecule has 0 heterocycles. The minimum absolute atomic E-state index is 0.144. The molecule has 0 spiro atoms. The van der Waals surface area contributed by atoms with E-state index in [2.05, 4.69) is 0 Å². The number of rotatable bonds is 5. The number of anilines is 1. The highest BCUT2D eigenvalue weighted by Gasteiger charge is 2.17. The van der Waals surface area contributed by atoms with E-state index in [1.807, 2.05) is 36.4 Å². The second kappa shape index (κ2) is 7.95. The second-order valence-corrected chi connectivity index (χ2v) is 6.27. The average Bonchev–Trinajstić information content (AvgIpc) is 2.68. The number of carbonyl (C=O) groups is 1. The van der Waals surface area contributed by atoms with Gasteiger partial charge in [-0.25, -0.2) is 4.79 Å². The SMILES string of the molecule is COC(=O)C(=CN(c1cccc2ccccc12)S(=O)[O-])c1ccccc1. The molecule has 0 saturated carbocycles. The lowest BCUT2D eigenvalue weighted by molar-refractivity contribution is -0.133. The molecule has 0 saturated heterocycles. The Morgan fingerprint density at radius 2 is 1.65 bits per heavy atom. The molecule has 0 aliphatic heterocycles. The Labute approximate surface area is 153 Å². The van der Waals surface area contributed by atoms with Crippen molar-refractivity contribution in [3.05, 3.63) is 84.6 Å². The third-order valence-corrected chi connectivity index (χ3v) is 4.52. The molecule has 132 valence electrons. The second-order valence-electron chi connectivity index (χ2n) is 5.44. The van der Waals surface area contributed by atoms with Crippen LogP contribution in [0.25, 0.3) is 16.3 Å². The molecule has 3 aromatic rings. The van der Waals surface area contributed by atoms with Gasteiger partial charge in [-0.15, -0.1) is 0 Å². The van der Waals surface area contributed by atoms with Crippen LogP contribution < -0.4 is 4.31 Å². The number of esters is 1. The van der Waals surface area contributed by atoms with Crippen molar-refractivity contribution in [1.82, 2.24) is 0 Å². The van der Waals surface area contributed by atoms with Gasteiger partial charge in [0.05, 0.1) is 29.6 Å². The highest BCUT2D eigenvalue weighted by atomic mass is 32.2. The summed E-state index contributed by atoms with van der Waals surface area (Å²) in [5.74, 6) is -0.619. The first-order valence-electron chi connectivity index (χ1n) is 7.83. The summed E-state index contributed by atoms with van der Waals surface area (Å²) in [5, 5.41) is 1.65. The van der Waals surface area contributed by atoms with Crippen LogP contribution in [0.1, 0.15) is 5.56 Å².